The number of ether oxygens (including phenoxy) is 1. The maximum atomic E-state index is 13.4. The molecule has 7 nitrogen and oxygen atoms in total. The number of benzene rings is 1. The van der Waals surface area contributed by atoms with Gasteiger partial charge in [0, 0.05) is 24.7 Å². The SMILES string of the molecule is CC(O)C(=O)Nc1cc(-c2c(-c3ccc(F)cc3)nn3c2OCCC3)ccn1. The topological polar surface area (TPSA) is 89.3 Å². The quantitative estimate of drug-likeness (QED) is 0.724. The van der Waals surface area contributed by atoms with Crippen LogP contribution in [-0.2, 0) is 11.3 Å². The third kappa shape index (κ3) is 3.46. The maximum Gasteiger partial charge on any atom is 0.254 e. The van der Waals surface area contributed by atoms with Crippen molar-refractivity contribution in [3.63, 3.8) is 0 Å². The van der Waals surface area contributed by atoms with Gasteiger partial charge in [-0.25, -0.2) is 14.1 Å². The Balaban J connectivity index is 1.81. The first-order chi connectivity index (χ1) is 13.5. The number of aromatic nitrogens is 3. The minimum absolute atomic E-state index is 0.309. The van der Waals surface area contributed by atoms with E-state index in [0.717, 1.165) is 29.7 Å². The third-order valence-corrected chi connectivity index (χ3v) is 4.46. The van der Waals surface area contributed by atoms with Gasteiger partial charge in [-0.3, -0.25) is 4.79 Å². The first-order valence-corrected chi connectivity index (χ1v) is 8.98. The number of pyridine rings is 1. The lowest BCUT2D eigenvalue weighted by molar-refractivity contribution is -0.123. The Morgan fingerprint density at radius 2 is 2.07 bits per heavy atom. The molecule has 0 aliphatic carbocycles. The van der Waals surface area contributed by atoms with E-state index in [-0.39, 0.29) is 5.82 Å². The highest BCUT2D eigenvalue weighted by atomic mass is 19.1. The number of rotatable bonds is 4. The van der Waals surface area contributed by atoms with Gasteiger partial charge in [0.2, 0.25) is 5.88 Å². The first-order valence-electron chi connectivity index (χ1n) is 8.98. The Labute approximate surface area is 160 Å². The highest BCUT2D eigenvalue weighted by molar-refractivity contribution is 5.94. The summed E-state index contributed by atoms with van der Waals surface area (Å²) in [7, 11) is 0. The summed E-state index contributed by atoms with van der Waals surface area (Å²) in [6, 6.07) is 9.61. The Hall–Kier alpha value is -3.26. The highest BCUT2D eigenvalue weighted by Gasteiger charge is 2.25. The molecular formula is C20H19FN4O3. The lowest BCUT2D eigenvalue weighted by Crippen LogP contribution is -2.24. The number of hydrogen-bond donors (Lipinski definition) is 2. The molecule has 3 heterocycles. The van der Waals surface area contributed by atoms with Crippen molar-refractivity contribution in [2.24, 2.45) is 0 Å². The van der Waals surface area contributed by atoms with Crippen LogP contribution >= 0.6 is 0 Å². The number of nitrogens with one attached hydrogen (secondary N) is 1. The van der Waals surface area contributed by atoms with Gasteiger partial charge in [0.05, 0.1) is 12.2 Å². The van der Waals surface area contributed by atoms with Gasteiger partial charge >= 0.3 is 0 Å². The summed E-state index contributed by atoms with van der Waals surface area (Å²) < 4.78 is 21.0. The van der Waals surface area contributed by atoms with Crippen LogP contribution in [-0.4, -0.2) is 38.5 Å². The lowest BCUT2D eigenvalue weighted by atomic mass is 10.0. The van der Waals surface area contributed by atoms with Crippen molar-refractivity contribution in [1.29, 1.82) is 0 Å². The summed E-state index contributed by atoms with van der Waals surface area (Å²) >= 11 is 0. The molecule has 1 aliphatic heterocycles. The minimum Gasteiger partial charge on any atom is -0.477 e. The number of carbonyl (C=O) groups is 1. The molecule has 3 aromatic rings. The fraction of sp³-hybridized carbons (Fsp3) is 0.250. The molecule has 0 saturated heterocycles. The summed E-state index contributed by atoms with van der Waals surface area (Å²) in [6.45, 7) is 2.69. The minimum atomic E-state index is -1.15. The predicted molar refractivity (Wildman–Crippen MR) is 101 cm³/mol. The number of carbonyl (C=O) groups excluding carboxylic acids is 1. The second kappa shape index (κ2) is 7.40. The van der Waals surface area contributed by atoms with Crippen LogP contribution in [0, 0.1) is 5.82 Å². The summed E-state index contributed by atoms with van der Waals surface area (Å²) in [4.78, 5) is 15.9. The van der Waals surface area contributed by atoms with E-state index in [1.165, 1.54) is 19.1 Å². The molecule has 144 valence electrons. The Bertz CT molecular complexity index is 1010. The van der Waals surface area contributed by atoms with Crippen molar-refractivity contribution in [3.8, 4) is 28.3 Å². The number of aliphatic hydroxyl groups excluding tert-OH is 1. The van der Waals surface area contributed by atoms with Gasteiger partial charge in [-0.15, -0.1) is 0 Å². The van der Waals surface area contributed by atoms with Crippen molar-refractivity contribution in [1.82, 2.24) is 14.8 Å². The third-order valence-electron chi connectivity index (χ3n) is 4.46. The summed E-state index contributed by atoms with van der Waals surface area (Å²) in [5.41, 5.74) is 2.92. The number of anilines is 1. The first kappa shape index (κ1) is 18.1. The van der Waals surface area contributed by atoms with Gasteiger partial charge < -0.3 is 15.2 Å². The average Bonchev–Trinajstić information content (AvgIpc) is 3.08. The zero-order chi connectivity index (χ0) is 19.7. The Kier molecular flexibility index (Phi) is 4.79. The summed E-state index contributed by atoms with van der Waals surface area (Å²) in [5, 5.41) is 16.6. The monoisotopic (exact) mass is 382 g/mol. The molecule has 0 saturated carbocycles. The highest BCUT2D eigenvalue weighted by Crippen LogP contribution is 2.41. The lowest BCUT2D eigenvalue weighted by Gasteiger charge is -2.16. The number of halogens is 1. The van der Waals surface area contributed by atoms with E-state index in [4.69, 9.17) is 4.74 Å². The maximum absolute atomic E-state index is 13.4. The van der Waals surface area contributed by atoms with Crippen LogP contribution in [0.3, 0.4) is 0 Å². The predicted octanol–water partition coefficient (Wildman–Crippen LogP) is 2.85. The van der Waals surface area contributed by atoms with Gasteiger partial charge in [0.25, 0.3) is 5.91 Å². The van der Waals surface area contributed by atoms with E-state index in [2.05, 4.69) is 15.4 Å². The van der Waals surface area contributed by atoms with Gasteiger partial charge in [-0.2, -0.15) is 5.10 Å². The second-order valence-electron chi connectivity index (χ2n) is 6.56. The van der Waals surface area contributed by atoms with E-state index in [9.17, 15) is 14.3 Å². The van der Waals surface area contributed by atoms with E-state index in [1.807, 2.05) is 0 Å². The zero-order valence-corrected chi connectivity index (χ0v) is 15.2. The fourth-order valence-electron chi connectivity index (χ4n) is 3.08. The Morgan fingerprint density at radius 1 is 1.29 bits per heavy atom. The molecule has 0 spiro atoms. The molecule has 2 N–H and O–H groups in total. The molecule has 1 aliphatic rings. The van der Waals surface area contributed by atoms with Gasteiger partial charge in [-0.1, -0.05) is 0 Å². The van der Waals surface area contributed by atoms with Crippen LogP contribution < -0.4 is 10.1 Å². The van der Waals surface area contributed by atoms with Crippen LogP contribution in [0.2, 0.25) is 0 Å². The van der Waals surface area contributed by atoms with E-state index in [1.54, 1.807) is 35.1 Å². The smallest absolute Gasteiger partial charge is 0.254 e. The summed E-state index contributed by atoms with van der Waals surface area (Å²) in [6.07, 6.45) is 1.27. The molecule has 0 radical (unpaired) electrons. The number of aryl methyl sites for hydroxylation is 1. The van der Waals surface area contributed by atoms with Crippen molar-refractivity contribution >= 4 is 11.7 Å². The molecule has 4 rings (SSSR count). The van der Waals surface area contributed by atoms with E-state index >= 15 is 0 Å². The molecular weight excluding hydrogens is 363 g/mol. The fourth-order valence-corrected chi connectivity index (χ4v) is 3.08. The number of fused-ring (bicyclic) bond motifs is 1. The number of aliphatic hydroxyl groups is 1. The zero-order valence-electron chi connectivity index (χ0n) is 15.2. The molecule has 1 aromatic carbocycles. The normalized spacial score (nSPS) is 14.1. The summed E-state index contributed by atoms with van der Waals surface area (Å²) in [5.74, 6) is 0.0723. The van der Waals surface area contributed by atoms with Crippen molar-refractivity contribution in [2.75, 3.05) is 11.9 Å². The van der Waals surface area contributed by atoms with Crippen molar-refractivity contribution in [3.05, 3.63) is 48.4 Å². The van der Waals surface area contributed by atoms with Crippen molar-refractivity contribution < 1.29 is 19.0 Å². The molecule has 1 amide bonds. The van der Waals surface area contributed by atoms with Crippen LogP contribution in [0.1, 0.15) is 13.3 Å². The molecule has 28 heavy (non-hydrogen) atoms. The number of amides is 1. The van der Waals surface area contributed by atoms with Gasteiger partial charge in [0.1, 0.15) is 23.4 Å². The van der Waals surface area contributed by atoms with Crippen molar-refractivity contribution in [2.45, 2.75) is 26.0 Å². The molecule has 0 fully saturated rings. The van der Waals surface area contributed by atoms with E-state index < -0.39 is 12.0 Å². The largest absolute Gasteiger partial charge is 0.477 e. The average molecular weight is 382 g/mol. The molecule has 1 atom stereocenters. The van der Waals surface area contributed by atoms with E-state index in [0.29, 0.717) is 24.0 Å². The van der Waals surface area contributed by atoms with Crippen LogP contribution in [0.4, 0.5) is 10.2 Å². The molecule has 2 aromatic heterocycles. The molecule has 1 unspecified atom stereocenters. The van der Waals surface area contributed by atoms with Crippen LogP contribution in [0.5, 0.6) is 5.88 Å². The second-order valence-corrected chi connectivity index (χ2v) is 6.56. The Morgan fingerprint density at radius 3 is 2.82 bits per heavy atom. The molecule has 0 bridgehead atoms. The van der Waals surface area contributed by atoms with Gasteiger partial charge in [0.15, 0.2) is 0 Å². The number of nitrogens with zero attached hydrogens (tertiary/aromatic N) is 3. The standard InChI is InChI=1S/C20H19FN4O3/c1-12(26)19(27)23-16-11-14(7-8-22-16)17-18(13-3-5-15(21)6-4-13)24-25-9-2-10-28-20(17)25/h3-8,11-12,26H,2,9-10H2,1H3,(H,22,23,27). The van der Waals surface area contributed by atoms with Gasteiger partial charge in [-0.05, 0) is 48.9 Å². The van der Waals surface area contributed by atoms with Crippen LogP contribution in [0.15, 0.2) is 42.6 Å². The van der Waals surface area contributed by atoms with Crippen LogP contribution in [0.25, 0.3) is 22.4 Å². The number of hydrogen-bond acceptors (Lipinski definition) is 5. The molecule has 8 heteroatoms.